The van der Waals surface area contributed by atoms with Crippen molar-refractivity contribution in [3.05, 3.63) is 0 Å². The number of hydrogen-bond donors (Lipinski definition) is 3. The predicted molar refractivity (Wildman–Crippen MR) is 80.1 cm³/mol. The Morgan fingerprint density at radius 2 is 1.73 bits per heavy atom. The van der Waals surface area contributed by atoms with E-state index in [2.05, 4.69) is 24.5 Å². The lowest BCUT2D eigenvalue weighted by molar-refractivity contribution is -0.138. The average Bonchev–Trinajstić information content (AvgIpc) is 3.16. The molecule has 1 saturated heterocycles. The number of ether oxygens (including phenoxy) is 1. The number of epoxide rings is 1. The molecule has 0 aromatic rings. The Morgan fingerprint density at radius 1 is 1.09 bits per heavy atom. The summed E-state index contributed by atoms with van der Waals surface area (Å²) in [5.74, 6) is -1.25. The van der Waals surface area contributed by atoms with Gasteiger partial charge in [0.15, 0.2) is 12.2 Å². The molecule has 3 N–H and O–H groups in total. The molecule has 1 aliphatic rings. The fourth-order valence-corrected chi connectivity index (χ4v) is 2.06. The zero-order chi connectivity index (χ0) is 16.9. The van der Waals surface area contributed by atoms with E-state index in [0.717, 1.165) is 6.42 Å². The van der Waals surface area contributed by atoms with Gasteiger partial charge in [-0.1, -0.05) is 27.7 Å². The minimum absolute atomic E-state index is 0.219. The second kappa shape index (κ2) is 8.12. The summed E-state index contributed by atoms with van der Waals surface area (Å²) in [7, 11) is 0. The van der Waals surface area contributed by atoms with Crippen molar-refractivity contribution < 1.29 is 24.2 Å². The minimum Gasteiger partial charge on any atom is -0.479 e. The van der Waals surface area contributed by atoms with Crippen molar-refractivity contribution in [3.8, 4) is 0 Å². The molecule has 0 aromatic heterocycles. The summed E-state index contributed by atoms with van der Waals surface area (Å²) >= 11 is 0. The lowest BCUT2D eigenvalue weighted by atomic mass is 10.0. The van der Waals surface area contributed by atoms with Gasteiger partial charge >= 0.3 is 5.97 Å². The second-order valence-corrected chi connectivity index (χ2v) is 6.48. The van der Waals surface area contributed by atoms with Crippen LogP contribution in [0, 0.1) is 11.8 Å². The van der Waals surface area contributed by atoms with Gasteiger partial charge in [0.05, 0.1) is 0 Å². The number of amides is 2. The number of carbonyl (C=O) groups is 3. The number of aliphatic carboxylic acids is 1. The van der Waals surface area contributed by atoms with Crippen LogP contribution < -0.4 is 10.6 Å². The monoisotopic (exact) mass is 314 g/mol. The van der Waals surface area contributed by atoms with Crippen molar-refractivity contribution in [2.75, 3.05) is 6.54 Å². The molecule has 1 fully saturated rings. The molecule has 0 saturated carbocycles. The Balaban J connectivity index is 2.51. The number of rotatable bonds is 9. The van der Waals surface area contributed by atoms with Crippen LogP contribution in [0.2, 0.25) is 0 Å². The molecule has 126 valence electrons. The second-order valence-electron chi connectivity index (χ2n) is 6.48. The van der Waals surface area contributed by atoms with E-state index < -0.39 is 30.1 Å². The first kappa shape index (κ1) is 18.4. The lowest BCUT2D eigenvalue weighted by Crippen LogP contribution is -2.49. The third-order valence-electron chi connectivity index (χ3n) is 3.35. The number of nitrogens with one attached hydrogen (secondary N) is 2. The molecule has 0 unspecified atom stereocenters. The number of carboxylic acids is 1. The summed E-state index contributed by atoms with van der Waals surface area (Å²) in [5.41, 5.74) is 0. The number of carbonyl (C=O) groups excluding carboxylic acids is 2. The average molecular weight is 314 g/mol. The zero-order valence-electron chi connectivity index (χ0n) is 13.6. The molecule has 1 aliphatic heterocycles. The van der Waals surface area contributed by atoms with Crippen molar-refractivity contribution in [2.24, 2.45) is 11.8 Å². The van der Waals surface area contributed by atoms with Crippen LogP contribution in [-0.4, -0.2) is 47.7 Å². The molecule has 22 heavy (non-hydrogen) atoms. The lowest BCUT2D eigenvalue weighted by Gasteiger charge is -2.20. The molecule has 1 heterocycles. The van der Waals surface area contributed by atoms with Crippen LogP contribution in [0.1, 0.15) is 40.5 Å². The highest BCUT2D eigenvalue weighted by Gasteiger charge is 2.51. The number of hydrogen-bond acceptors (Lipinski definition) is 4. The molecule has 7 heteroatoms. The molecular weight excluding hydrogens is 288 g/mol. The standard InChI is InChI=1S/C15H26N2O5/c1-8(2)5-6-16-13(18)10(7-9(3)4)17-14(19)11-12(22-11)15(20)21/h8-12H,5-7H2,1-4H3,(H,16,18)(H,17,19)(H,20,21)/t10-,11-,12+/m1/s1. The summed E-state index contributed by atoms with van der Waals surface area (Å²) in [6.07, 6.45) is -0.732. The first-order valence-corrected chi connectivity index (χ1v) is 7.68. The summed E-state index contributed by atoms with van der Waals surface area (Å²) in [4.78, 5) is 34.8. The largest absolute Gasteiger partial charge is 0.479 e. The third-order valence-corrected chi connectivity index (χ3v) is 3.35. The molecule has 0 aliphatic carbocycles. The molecule has 2 amide bonds. The molecule has 0 spiro atoms. The molecule has 0 bridgehead atoms. The fraction of sp³-hybridized carbons (Fsp3) is 0.800. The summed E-state index contributed by atoms with van der Waals surface area (Å²) < 4.78 is 4.80. The Labute approximate surface area is 130 Å². The van der Waals surface area contributed by atoms with Crippen LogP contribution in [0.3, 0.4) is 0 Å². The van der Waals surface area contributed by atoms with Crippen LogP contribution in [0.4, 0.5) is 0 Å². The van der Waals surface area contributed by atoms with E-state index in [-0.39, 0.29) is 11.8 Å². The molecule has 0 aromatic carbocycles. The smallest absolute Gasteiger partial charge is 0.336 e. The van der Waals surface area contributed by atoms with E-state index in [1.165, 1.54) is 0 Å². The molecule has 3 atom stereocenters. The maximum absolute atomic E-state index is 12.2. The van der Waals surface area contributed by atoms with Gasteiger partial charge < -0.3 is 20.5 Å². The van der Waals surface area contributed by atoms with Gasteiger partial charge in [-0.05, 0) is 24.7 Å². The highest BCUT2D eigenvalue weighted by atomic mass is 16.6. The van der Waals surface area contributed by atoms with Gasteiger partial charge in [-0.3, -0.25) is 9.59 Å². The maximum Gasteiger partial charge on any atom is 0.336 e. The van der Waals surface area contributed by atoms with Gasteiger partial charge in [-0.25, -0.2) is 4.79 Å². The topological polar surface area (TPSA) is 108 Å². The summed E-state index contributed by atoms with van der Waals surface area (Å²) in [5, 5.41) is 14.1. The Bertz CT molecular complexity index is 422. The quantitative estimate of drug-likeness (QED) is 0.538. The van der Waals surface area contributed by atoms with Gasteiger partial charge in [0.2, 0.25) is 5.91 Å². The minimum atomic E-state index is -1.16. The molecule has 7 nitrogen and oxygen atoms in total. The van der Waals surface area contributed by atoms with Crippen LogP contribution in [0.15, 0.2) is 0 Å². The SMILES string of the molecule is CC(C)CCNC(=O)[C@@H](CC(C)C)NC(=O)[C@@H]1O[C@@H]1C(=O)O. The van der Waals surface area contributed by atoms with Crippen LogP contribution in [0.25, 0.3) is 0 Å². The van der Waals surface area contributed by atoms with E-state index in [1.807, 2.05) is 13.8 Å². The fourth-order valence-electron chi connectivity index (χ4n) is 2.06. The van der Waals surface area contributed by atoms with Gasteiger partial charge in [0.1, 0.15) is 6.04 Å². The first-order chi connectivity index (χ1) is 10.2. The van der Waals surface area contributed by atoms with Crippen LogP contribution in [-0.2, 0) is 19.1 Å². The van der Waals surface area contributed by atoms with Crippen molar-refractivity contribution in [3.63, 3.8) is 0 Å². The molecule has 1 rings (SSSR count). The van der Waals surface area contributed by atoms with Crippen molar-refractivity contribution in [1.29, 1.82) is 0 Å². The zero-order valence-corrected chi connectivity index (χ0v) is 13.6. The van der Waals surface area contributed by atoms with Gasteiger partial charge in [0.25, 0.3) is 5.91 Å². The number of carboxylic acid groups (broad SMARTS) is 1. The third kappa shape index (κ3) is 6.01. The Kier molecular flexibility index (Phi) is 6.80. The summed E-state index contributed by atoms with van der Waals surface area (Å²) in [6, 6.07) is -0.668. The normalized spacial score (nSPS) is 21.5. The predicted octanol–water partition coefficient (Wildman–Crippen LogP) is 0.532. The van der Waals surface area contributed by atoms with E-state index in [1.54, 1.807) is 0 Å². The van der Waals surface area contributed by atoms with Gasteiger partial charge in [-0.15, -0.1) is 0 Å². The van der Waals surface area contributed by atoms with Gasteiger partial charge in [-0.2, -0.15) is 0 Å². The van der Waals surface area contributed by atoms with Crippen LogP contribution >= 0.6 is 0 Å². The van der Waals surface area contributed by atoms with Crippen molar-refractivity contribution >= 4 is 17.8 Å². The first-order valence-electron chi connectivity index (χ1n) is 7.68. The maximum atomic E-state index is 12.2. The van der Waals surface area contributed by atoms with Crippen molar-refractivity contribution in [2.45, 2.75) is 58.8 Å². The van der Waals surface area contributed by atoms with Gasteiger partial charge in [0, 0.05) is 6.54 Å². The van der Waals surface area contributed by atoms with E-state index in [4.69, 9.17) is 9.84 Å². The summed E-state index contributed by atoms with van der Waals surface area (Å²) in [6.45, 7) is 8.59. The van der Waals surface area contributed by atoms with E-state index >= 15 is 0 Å². The molecule has 0 radical (unpaired) electrons. The van der Waals surface area contributed by atoms with Crippen LogP contribution in [0.5, 0.6) is 0 Å². The Hall–Kier alpha value is -1.63. The Morgan fingerprint density at radius 3 is 2.18 bits per heavy atom. The van der Waals surface area contributed by atoms with E-state index in [0.29, 0.717) is 18.9 Å². The van der Waals surface area contributed by atoms with Crippen molar-refractivity contribution in [1.82, 2.24) is 10.6 Å². The molecular formula is C15H26N2O5. The highest BCUT2D eigenvalue weighted by Crippen LogP contribution is 2.22. The van der Waals surface area contributed by atoms with E-state index in [9.17, 15) is 14.4 Å². The highest BCUT2D eigenvalue weighted by molar-refractivity contribution is 5.95.